The molecule has 0 amide bonds. The van der Waals surface area contributed by atoms with Crippen LogP contribution in [-0.4, -0.2) is 35.8 Å². The van der Waals surface area contributed by atoms with E-state index in [1.807, 2.05) is 79.9 Å². The van der Waals surface area contributed by atoms with Crippen LogP contribution in [0.25, 0.3) is 106 Å². The van der Waals surface area contributed by atoms with Crippen LogP contribution in [0.15, 0.2) is 211 Å². The van der Waals surface area contributed by atoms with Crippen molar-refractivity contribution in [1.29, 1.82) is 0 Å². The highest BCUT2D eigenvalue weighted by molar-refractivity contribution is 6.11. The molecule has 0 aliphatic rings. The van der Waals surface area contributed by atoms with E-state index in [0.29, 0.717) is 17.5 Å². The van der Waals surface area contributed by atoms with Crippen molar-refractivity contribution in [2.45, 2.75) is 6.92 Å². The van der Waals surface area contributed by atoms with Crippen molar-refractivity contribution in [3.8, 4) is 56.8 Å². The Balaban J connectivity index is 1.27. The number of rotatable bonds is 9. The van der Waals surface area contributed by atoms with Crippen molar-refractivity contribution in [2.75, 3.05) is 0 Å². The molecule has 0 N–H and O–H groups in total. The highest BCUT2D eigenvalue weighted by Gasteiger charge is 2.26. The summed E-state index contributed by atoms with van der Waals surface area (Å²) in [5.41, 5.74) is 12.0. The van der Waals surface area contributed by atoms with Crippen LogP contribution in [0.5, 0.6) is 0 Å². The zero-order chi connectivity index (χ0) is 42.3. The topological polar surface area (TPSA) is 73.8 Å². The Morgan fingerprint density at radius 2 is 0.952 bits per heavy atom. The van der Waals surface area contributed by atoms with Crippen LogP contribution in [0.1, 0.15) is 12.5 Å². The maximum absolute atomic E-state index is 5.53. The molecule has 11 rings (SSSR count). The molecule has 0 atom stereocenters. The summed E-state index contributed by atoms with van der Waals surface area (Å²) in [6, 6.07) is 62.9. The number of fused-ring (bicyclic) bond motifs is 6. The van der Waals surface area contributed by atoms with Crippen molar-refractivity contribution >= 4 is 56.0 Å². The summed E-state index contributed by atoms with van der Waals surface area (Å²) in [5, 5.41) is 4.59. The molecule has 4 aromatic heterocycles. The lowest BCUT2D eigenvalue weighted by Crippen LogP contribution is -2.07. The average molecular weight is 810 g/mol. The fraction of sp³-hybridized carbons (Fsp3) is 0.0179. The summed E-state index contributed by atoms with van der Waals surface area (Å²) in [4.78, 5) is 25.8. The predicted molar refractivity (Wildman–Crippen MR) is 260 cm³/mol. The van der Waals surface area contributed by atoms with E-state index in [4.69, 9.17) is 19.9 Å². The zero-order valence-corrected chi connectivity index (χ0v) is 34.5. The standard InChI is InChI=1S/C56H39N7/c1-3-4-30-46(57-2)42-26-18-28-44(52(42)62-48-32-12-8-22-38(48)39-23-9-13-33-49(39)62)55-59-54(37-20-6-5-7-21-37)60-56(61-55)45-29-19-27-43(47-31-16-17-36-58-47)53(45)63-50-34-14-10-24-40(50)41-25-11-15-35-51(41)63/h3-36H,2H2,1H3/b4-3-,46-30-. The lowest BCUT2D eigenvalue weighted by molar-refractivity contribution is 1.06. The first-order valence-corrected chi connectivity index (χ1v) is 21.0. The minimum Gasteiger partial charge on any atom is -0.308 e. The summed E-state index contributed by atoms with van der Waals surface area (Å²) in [5.74, 6) is 1.60. The van der Waals surface area contributed by atoms with Gasteiger partial charge >= 0.3 is 0 Å². The lowest BCUT2D eigenvalue weighted by atomic mass is 10.0. The third kappa shape index (κ3) is 6.33. The number of para-hydroxylation sites is 6. The Morgan fingerprint density at radius 1 is 0.476 bits per heavy atom. The highest BCUT2D eigenvalue weighted by atomic mass is 15.1. The maximum atomic E-state index is 5.53. The van der Waals surface area contributed by atoms with Crippen molar-refractivity contribution in [1.82, 2.24) is 29.1 Å². The molecule has 7 nitrogen and oxygen atoms in total. The molecular weight excluding hydrogens is 771 g/mol. The Labute approximate surface area is 364 Å². The lowest BCUT2D eigenvalue weighted by Gasteiger charge is -2.20. The van der Waals surface area contributed by atoms with Crippen LogP contribution in [0.2, 0.25) is 0 Å². The van der Waals surface area contributed by atoms with Gasteiger partial charge in [0.15, 0.2) is 17.5 Å². The molecule has 0 spiro atoms. The van der Waals surface area contributed by atoms with Crippen molar-refractivity contribution < 1.29 is 0 Å². The van der Waals surface area contributed by atoms with Gasteiger partial charge < -0.3 is 9.13 Å². The Morgan fingerprint density at radius 3 is 1.49 bits per heavy atom. The Bertz CT molecular complexity index is 3490. The molecule has 4 heterocycles. The summed E-state index contributed by atoms with van der Waals surface area (Å²) in [6.45, 7) is 6.04. The quantitative estimate of drug-likeness (QED) is 0.107. The van der Waals surface area contributed by atoms with Crippen LogP contribution in [-0.2, 0) is 0 Å². The third-order valence-electron chi connectivity index (χ3n) is 11.7. The first-order chi connectivity index (χ1) is 31.2. The first-order valence-electron chi connectivity index (χ1n) is 21.0. The molecule has 7 aromatic carbocycles. The fourth-order valence-electron chi connectivity index (χ4n) is 8.94. The molecule has 0 unspecified atom stereocenters. The molecule has 0 aliphatic heterocycles. The van der Waals surface area contributed by atoms with E-state index in [0.717, 1.165) is 94.2 Å². The number of benzene rings is 7. The van der Waals surface area contributed by atoms with Gasteiger partial charge in [-0.15, -0.1) is 0 Å². The number of aromatic nitrogens is 6. The van der Waals surface area contributed by atoms with Gasteiger partial charge in [0, 0.05) is 55.6 Å². The maximum Gasteiger partial charge on any atom is 0.166 e. The molecule has 0 saturated heterocycles. The summed E-state index contributed by atoms with van der Waals surface area (Å²) in [6.07, 6.45) is 7.82. The normalized spacial score (nSPS) is 12.0. The van der Waals surface area contributed by atoms with E-state index in [9.17, 15) is 0 Å². The van der Waals surface area contributed by atoms with Crippen LogP contribution in [0.4, 0.5) is 0 Å². The highest BCUT2D eigenvalue weighted by Crippen LogP contribution is 2.43. The SMILES string of the molecule is C=N/C(=C\C=C/C)c1cccc(-c2nc(-c3ccccc3)nc(-c3cccc(-c4ccccn4)c3-n3c4ccccc4c4ccccc43)n2)c1-n1c2ccccc2c2ccccc21. The molecule has 298 valence electrons. The van der Waals surface area contributed by atoms with Gasteiger partial charge in [0.25, 0.3) is 0 Å². The van der Waals surface area contributed by atoms with E-state index in [-0.39, 0.29) is 0 Å². The molecule has 0 fully saturated rings. The molecular formula is C56H39N7. The Hall–Kier alpha value is -8.55. The van der Waals surface area contributed by atoms with Gasteiger partial charge in [0.05, 0.1) is 44.8 Å². The first kappa shape index (κ1) is 37.4. The zero-order valence-electron chi connectivity index (χ0n) is 34.5. The van der Waals surface area contributed by atoms with E-state index in [1.54, 1.807) is 0 Å². The number of hydrogen-bond acceptors (Lipinski definition) is 5. The number of aliphatic imine (C=N–C) groups is 1. The van der Waals surface area contributed by atoms with Crippen LogP contribution in [0, 0.1) is 0 Å². The van der Waals surface area contributed by atoms with E-state index < -0.39 is 0 Å². The predicted octanol–water partition coefficient (Wildman–Crippen LogP) is 13.7. The number of allylic oxidation sites excluding steroid dienone is 3. The smallest absolute Gasteiger partial charge is 0.166 e. The molecule has 0 aliphatic carbocycles. The van der Waals surface area contributed by atoms with Crippen molar-refractivity contribution in [2.24, 2.45) is 4.99 Å². The summed E-state index contributed by atoms with van der Waals surface area (Å²) >= 11 is 0. The molecule has 0 saturated carbocycles. The van der Waals surface area contributed by atoms with E-state index >= 15 is 0 Å². The van der Waals surface area contributed by atoms with Gasteiger partial charge in [0.2, 0.25) is 0 Å². The molecule has 63 heavy (non-hydrogen) atoms. The van der Waals surface area contributed by atoms with Gasteiger partial charge in [-0.2, -0.15) is 0 Å². The summed E-state index contributed by atoms with van der Waals surface area (Å²) in [7, 11) is 0. The molecule has 0 radical (unpaired) electrons. The van der Waals surface area contributed by atoms with Crippen molar-refractivity contribution in [3.05, 3.63) is 212 Å². The van der Waals surface area contributed by atoms with Gasteiger partial charge in [-0.05, 0) is 68.2 Å². The van der Waals surface area contributed by atoms with Crippen LogP contribution >= 0.6 is 0 Å². The number of hydrogen-bond donors (Lipinski definition) is 0. The molecule has 0 bridgehead atoms. The second-order valence-electron chi connectivity index (χ2n) is 15.3. The average Bonchev–Trinajstić information content (AvgIpc) is 3.87. The number of nitrogens with zero attached hydrogens (tertiary/aromatic N) is 7. The van der Waals surface area contributed by atoms with Crippen LogP contribution < -0.4 is 0 Å². The van der Waals surface area contributed by atoms with E-state index in [1.165, 1.54) is 0 Å². The molecule has 7 heteroatoms. The largest absolute Gasteiger partial charge is 0.308 e. The van der Waals surface area contributed by atoms with E-state index in [2.05, 4.69) is 154 Å². The second kappa shape index (κ2) is 15.8. The minimum atomic E-state index is 0.517. The minimum absolute atomic E-state index is 0.517. The number of pyridine rings is 1. The molecule has 11 aromatic rings. The van der Waals surface area contributed by atoms with Crippen LogP contribution in [0.3, 0.4) is 0 Å². The van der Waals surface area contributed by atoms with Gasteiger partial charge in [-0.25, -0.2) is 15.0 Å². The fourth-order valence-corrected chi connectivity index (χ4v) is 8.94. The monoisotopic (exact) mass is 809 g/mol. The van der Waals surface area contributed by atoms with Gasteiger partial charge in [-0.3, -0.25) is 9.98 Å². The van der Waals surface area contributed by atoms with Gasteiger partial charge in [-0.1, -0.05) is 146 Å². The van der Waals surface area contributed by atoms with Crippen molar-refractivity contribution in [3.63, 3.8) is 0 Å². The second-order valence-corrected chi connectivity index (χ2v) is 15.3. The van der Waals surface area contributed by atoms with Gasteiger partial charge in [0.1, 0.15) is 0 Å². The third-order valence-corrected chi connectivity index (χ3v) is 11.7. The Kier molecular flexibility index (Phi) is 9.40. The summed E-state index contributed by atoms with van der Waals surface area (Å²) < 4.78 is 4.66.